The van der Waals surface area contributed by atoms with Crippen LogP contribution in [-0.2, 0) is 17.6 Å². The van der Waals surface area contributed by atoms with Crippen LogP contribution in [0.2, 0.25) is 0 Å². The zero-order chi connectivity index (χ0) is 20.6. The molecule has 0 unspecified atom stereocenters. The Morgan fingerprint density at radius 1 is 1.14 bits per heavy atom. The number of thiophene rings is 1. The molecule has 1 amide bonds. The molecule has 0 spiro atoms. The van der Waals surface area contributed by atoms with Gasteiger partial charge in [-0.05, 0) is 74.9 Å². The predicted molar refractivity (Wildman–Crippen MR) is 121 cm³/mol. The van der Waals surface area contributed by atoms with Crippen molar-refractivity contribution < 1.29 is 9.90 Å². The average molecular weight is 411 g/mol. The minimum atomic E-state index is -0.621. The molecule has 2 heterocycles. The van der Waals surface area contributed by atoms with Crippen LogP contribution in [0.25, 0.3) is 5.57 Å². The van der Waals surface area contributed by atoms with Gasteiger partial charge in [-0.2, -0.15) is 0 Å². The van der Waals surface area contributed by atoms with Crippen molar-refractivity contribution in [3.8, 4) is 0 Å². The van der Waals surface area contributed by atoms with Crippen molar-refractivity contribution in [2.45, 2.75) is 45.1 Å². The number of fused-ring (bicyclic) bond motifs is 2. The molecule has 1 N–H and O–H groups in total. The van der Waals surface area contributed by atoms with Crippen LogP contribution in [0, 0.1) is 0 Å². The summed E-state index contributed by atoms with van der Waals surface area (Å²) >= 11 is 1.70. The quantitative estimate of drug-likeness (QED) is 0.772. The summed E-state index contributed by atoms with van der Waals surface area (Å²) in [6.45, 7) is 5.91. The highest BCUT2D eigenvalue weighted by atomic mass is 32.1. The molecule has 1 aromatic heterocycles. The minimum absolute atomic E-state index is 0.0720. The molecular weight excluding hydrogens is 380 g/mol. The van der Waals surface area contributed by atoms with Crippen molar-refractivity contribution in [1.29, 1.82) is 0 Å². The van der Waals surface area contributed by atoms with Crippen molar-refractivity contribution in [2.75, 3.05) is 31.6 Å². The first-order valence-electron chi connectivity index (χ1n) is 10.4. The fourth-order valence-electron chi connectivity index (χ4n) is 4.39. The van der Waals surface area contributed by atoms with Crippen LogP contribution in [0.3, 0.4) is 0 Å². The fraction of sp³-hybridized carbons (Fsp3) is 0.458. The van der Waals surface area contributed by atoms with Gasteiger partial charge in [0, 0.05) is 18.0 Å². The first-order chi connectivity index (χ1) is 13.9. The lowest BCUT2D eigenvalue weighted by Gasteiger charge is -2.32. The Labute approximate surface area is 177 Å². The molecule has 5 heteroatoms. The van der Waals surface area contributed by atoms with Crippen molar-refractivity contribution >= 4 is 28.3 Å². The number of carbonyl (C=O) groups excluding carboxylic acids is 1. The van der Waals surface area contributed by atoms with Crippen molar-refractivity contribution in [2.24, 2.45) is 0 Å². The molecule has 154 valence electrons. The number of benzene rings is 1. The second kappa shape index (κ2) is 8.05. The van der Waals surface area contributed by atoms with Gasteiger partial charge in [0.1, 0.15) is 0 Å². The van der Waals surface area contributed by atoms with Crippen LogP contribution in [0.15, 0.2) is 35.9 Å². The summed E-state index contributed by atoms with van der Waals surface area (Å²) in [5.41, 5.74) is 6.36. The van der Waals surface area contributed by atoms with Gasteiger partial charge in [0.2, 0.25) is 6.41 Å². The van der Waals surface area contributed by atoms with Gasteiger partial charge in [-0.15, -0.1) is 11.3 Å². The topological polar surface area (TPSA) is 43.8 Å². The Morgan fingerprint density at radius 3 is 2.55 bits per heavy atom. The number of amides is 1. The van der Waals surface area contributed by atoms with E-state index in [2.05, 4.69) is 42.3 Å². The third kappa shape index (κ3) is 3.79. The van der Waals surface area contributed by atoms with Gasteiger partial charge < -0.3 is 10.0 Å². The molecule has 29 heavy (non-hydrogen) atoms. The number of hydrogen-bond acceptors (Lipinski definition) is 4. The highest BCUT2D eigenvalue weighted by Crippen LogP contribution is 2.44. The lowest BCUT2D eigenvalue weighted by molar-refractivity contribution is -0.108. The number of aryl methyl sites for hydroxylation is 2. The van der Waals surface area contributed by atoms with E-state index in [1.54, 1.807) is 16.2 Å². The SMILES string of the molecule is CN1CCC(=C2c3ccccc3CCc3sc(N(C=O)C(C)(C)CO)cc32)CC1. The third-order valence-corrected chi connectivity index (χ3v) is 7.49. The molecular formula is C24H30N2O2S. The zero-order valence-corrected chi connectivity index (χ0v) is 18.4. The summed E-state index contributed by atoms with van der Waals surface area (Å²) in [5.74, 6) is 0. The van der Waals surface area contributed by atoms with Crippen molar-refractivity contribution in [3.05, 3.63) is 57.5 Å². The molecule has 2 aromatic rings. The number of carbonyl (C=O) groups is 1. The lowest BCUT2D eigenvalue weighted by Crippen LogP contribution is -2.45. The van der Waals surface area contributed by atoms with Gasteiger partial charge in [0.15, 0.2) is 0 Å². The van der Waals surface area contributed by atoms with E-state index < -0.39 is 5.54 Å². The van der Waals surface area contributed by atoms with E-state index in [1.807, 2.05) is 13.8 Å². The molecule has 0 atom stereocenters. The molecule has 1 aromatic carbocycles. The summed E-state index contributed by atoms with van der Waals surface area (Å²) in [6.07, 6.45) is 5.04. The van der Waals surface area contributed by atoms with E-state index in [1.165, 1.54) is 32.7 Å². The second-order valence-corrected chi connectivity index (χ2v) is 9.92. The maximum absolute atomic E-state index is 11.9. The summed E-state index contributed by atoms with van der Waals surface area (Å²) in [4.78, 5) is 17.3. The van der Waals surface area contributed by atoms with E-state index >= 15 is 0 Å². The van der Waals surface area contributed by atoms with Gasteiger partial charge >= 0.3 is 0 Å². The Balaban J connectivity index is 1.87. The smallest absolute Gasteiger partial charge is 0.215 e. The predicted octanol–water partition coefficient (Wildman–Crippen LogP) is 4.11. The number of aliphatic hydroxyl groups is 1. The molecule has 2 aliphatic rings. The summed E-state index contributed by atoms with van der Waals surface area (Å²) in [5, 5.41) is 10.7. The van der Waals surface area contributed by atoms with Crippen LogP contribution < -0.4 is 4.90 Å². The van der Waals surface area contributed by atoms with E-state index in [0.717, 1.165) is 50.2 Å². The Kier molecular flexibility index (Phi) is 5.65. The lowest BCUT2D eigenvalue weighted by atomic mass is 9.87. The van der Waals surface area contributed by atoms with E-state index in [4.69, 9.17) is 0 Å². The molecule has 0 radical (unpaired) electrons. The van der Waals surface area contributed by atoms with Gasteiger partial charge in [-0.1, -0.05) is 29.8 Å². The minimum Gasteiger partial charge on any atom is -0.394 e. The van der Waals surface area contributed by atoms with Gasteiger partial charge in [-0.3, -0.25) is 9.69 Å². The molecule has 1 fully saturated rings. The number of likely N-dealkylation sites (tertiary alicyclic amines) is 1. The zero-order valence-electron chi connectivity index (χ0n) is 17.6. The van der Waals surface area contributed by atoms with E-state index in [-0.39, 0.29) is 6.61 Å². The Bertz CT molecular complexity index is 934. The number of anilines is 1. The van der Waals surface area contributed by atoms with Crippen molar-refractivity contribution in [3.63, 3.8) is 0 Å². The van der Waals surface area contributed by atoms with Gasteiger partial charge in [0.25, 0.3) is 0 Å². The van der Waals surface area contributed by atoms with Crippen LogP contribution >= 0.6 is 11.3 Å². The third-order valence-electron chi connectivity index (χ3n) is 6.30. The van der Waals surface area contributed by atoms with Crippen LogP contribution in [0.1, 0.15) is 48.3 Å². The monoisotopic (exact) mass is 410 g/mol. The largest absolute Gasteiger partial charge is 0.394 e. The van der Waals surface area contributed by atoms with E-state index in [9.17, 15) is 9.90 Å². The van der Waals surface area contributed by atoms with Crippen LogP contribution in [-0.4, -0.2) is 48.7 Å². The van der Waals surface area contributed by atoms with Gasteiger partial charge in [-0.25, -0.2) is 0 Å². The molecule has 1 aliphatic heterocycles. The number of hydrogen-bond donors (Lipinski definition) is 1. The second-order valence-electron chi connectivity index (χ2n) is 8.81. The number of aliphatic hydroxyl groups excluding tert-OH is 1. The summed E-state index contributed by atoms with van der Waals surface area (Å²) in [6, 6.07) is 11.0. The maximum atomic E-state index is 11.9. The summed E-state index contributed by atoms with van der Waals surface area (Å²) < 4.78 is 0. The van der Waals surface area contributed by atoms with Crippen LogP contribution in [0.4, 0.5) is 5.00 Å². The highest BCUT2D eigenvalue weighted by Gasteiger charge is 2.31. The molecule has 0 bridgehead atoms. The number of piperidine rings is 1. The van der Waals surface area contributed by atoms with Crippen molar-refractivity contribution in [1.82, 2.24) is 4.90 Å². The molecule has 0 saturated carbocycles. The maximum Gasteiger partial charge on any atom is 0.215 e. The Morgan fingerprint density at radius 2 is 1.86 bits per heavy atom. The number of nitrogens with zero attached hydrogens (tertiary/aromatic N) is 2. The Hall–Kier alpha value is -1.95. The molecule has 1 aliphatic carbocycles. The molecule has 1 saturated heterocycles. The first-order valence-corrected chi connectivity index (χ1v) is 11.2. The van der Waals surface area contributed by atoms with Gasteiger partial charge in [0.05, 0.1) is 17.1 Å². The average Bonchev–Trinajstić information content (AvgIpc) is 3.05. The molecule has 4 nitrogen and oxygen atoms in total. The fourth-order valence-corrected chi connectivity index (χ4v) is 5.69. The summed E-state index contributed by atoms with van der Waals surface area (Å²) in [7, 11) is 2.19. The molecule has 4 rings (SSSR count). The standard InChI is InChI=1S/C24H30N2O2S/c1-24(2,15-27)26(16-28)22-14-20-21(29-22)9-8-17-6-4-5-7-19(17)23(20)18-10-12-25(3)13-11-18/h4-7,14,16,27H,8-13,15H2,1-3H3. The normalized spacial score (nSPS) is 17.5. The number of rotatable bonds is 4. The first kappa shape index (κ1) is 20.3. The van der Waals surface area contributed by atoms with Crippen LogP contribution in [0.5, 0.6) is 0 Å². The highest BCUT2D eigenvalue weighted by molar-refractivity contribution is 7.16. The van der Waals surface area contributed by atoms with E-state index in [0.29, 0.717) is 0 Å².